The van der Waals surface area contributed by atoms with Gasteiger partial charge < -0.3 is 10.2 Å². The van der Waals surface area contributed by atoms with Crippen LogP contribution in [0.15, 0.2) is 24.3 Å². The first-order valence-corrected chi connectivity index (χ1v) is 8.92. The summed E-state index contributed by atoms with van der Waals surface area (Å²) in [6, 6.07) is 8.65. The van der Waals surface area contributed by atoms with E-state index in [9.17, 15) is 9.18 Å². The minimum Gasteiger partial charge on any atom is -0.340 e. The quantitative estimate of drug-likeness (QED) is 0.927. The van der Waals surface area contributed by atoms with Crippen molar-refractivity contribution in [2.75, 3.05) is 26.2 Å². The summed E-state index contributed by atoms with van der Waals surface area (Å²) in [5.74, 6) is 0.755. The summed E-state index contributed by atoms with van der Waals surface area (Å²) >= 11 is 0. The Morgan fingerprint density at radius 2 is 1.91 bits per heavy atom. The Bertz CT molecular complexity index is 559. The van der Waals surface area contributed by atoms with Crippen LogP contribution in [-0.2, 0) is 17.6 Å². The molecule has 3 atom stereocenters. The predicted molar refractivity (Wildman–Crippen MR) is 87.9 cm³/mol. The van der Waals surface area contributed by atoms with E-state index in [0.29, 0.717) is 18.4 Å². The standard InChI is InChI=1S/C19H25FN2O/c20-18(15-5-7-21-11-15)19(23)22-8-6-16(12-22)17-9-13-3-1-2-4-14(13)10-17/h1-4,15-18,21H,5-12H2. The van der Waals surface area contributed by atoms with Gasteiger partial charge in [0.15, 0.2) is 6.17 Å². The van der Waals surface area contributed by atoms with Crippen LogP contribution in [0.5, 0.6) is 0 Å². The first-order valence-electron chi connectivity index (χ1n) is 8.92. The van der Waals surface area contributed by atoms with Gasteiger partial charge >= 0.3 is 0 Å². The number of carbonyl (C=O) groups excluding carboxylic acids is 1. The number of likely N-dealkylation sites (tertiary alicyclic amines) is 1. The van der Waals surface area contributed by atoms with Crippen LogP contribution in [-0.4, -0.2) is 43.2 Å². The number of amides is 1. The third-order valence-electron chi connectivity index (χ3n) is 6.03. The molecule has 1 amide bonds. The fourth-order valence-corrected chi connectivity index (χ4v) is 4.60. The van der Waals surface area contributed by atoms with Crippen molar-refractivity contribution in [1.29, 1.82) is 0 Å². The van der Waals surface area contributed by atoms with Crippen molar-refractivity contribution >= 4 is 5.91 Å². The number of hydrogen-bond acceptors (Lipinski definition) is 2. The van der Waals surface area contributed by atoms with Crippen LogP contribution in [0.1, 0.15) is 24.0 Å². The zero-order valence-corrected chi connectivity index (χ0v) is 13.5. The van der Waals surface area contributed by atoms with E-state index in [4.69, 9.17) is 0 Å². The van der Waals surface area contributed by atoms with Gasteiger partial charge in [0.05, 0.1) is 0 Å². The van der Waals surface area contributed by atoms with E-state index < -0.39 is 6.17 Å². The second-order valence-electron chi connectivity index (χ2n) is 7.42. The molecule has 1 N–H and O–H groups in total. The highest BCUT2D eigenvalue weighted by atomic mass is 19.1. The molecule has 0 saturated carbocycles. The maximum Gasteiger partial charge on any atom is 0.257 e. The second-order valence-corrected chi connectivity index (χ2v) is 7.42. The molecule has 4 heteroatoms. The molecule has 2 heterocycles. The molecule has 2 saturated heterocycles. The first-order chi connectivity index (χ1) is 11.2. The van der Waals surface area contributed by atoms with Crippen molar-refractivity contribution in [2.45, 2.75) is 31.9 Å². The molecule has 2 aliphatic heterocycles. The summed E-state index contributed by atoms with van der Waals surface area (Å²) in [5.41, 5.74) is 2.92. The maximum atomic E-state index is 14.4. The van der Waals surface area contributed by atoms with Gasteiger partial charge in [-0.1, -0.05) is 24.3 Å². The fourth-order valence-electron chi connectivity index (χ4n) is 4.60. The van der Waals surface area contributed by atoms with Gasteiger partial charge in [0.2, 0.25) is 0 Å². The highest BCUT2D eigenvalue weighted by Crippen LogP contribution is 2.36. The van der Waals surface area contributed by atoms with Crippen molar-refractivity contribution in [3.05, 3.63) is 35.4 Å². The second kappa shape index (κ2) is 6.23. The van der Waals surface area contributed by atoms with Crippen molar-refractivity contribution in [1.82, 2.24) is 10.2 Å². The molecule has 2 fully saturated rings. The molecular weight excluding hydrogens is 291 g/mol. The maximum absolute atomic E-state index is 14.4. The molecule has 3 aliphatic rings. The summed E-state index contributed by atoms with van der Waals surface area (Å²) in [6.45, 7) is 2.96. The van der Waals surface area contributed by atoms with Crippen LogP contribution in [0.3, 0.4) is 0 Å². The molecule has 0 bridgehead atoms. The Balaban J connectivity index is 1.35. The topological polar surface area (TPSA) is 32.3 Å². The summed E-state index contributed by atoms with van der Waals surface area (Å²) in [4.78, 5) is 14.2. The van der Waals surface area contributed by atoms with E-state index in [1.165, 1.54) is 11.1 Å². The molecule has 124 valence electrons. The third kappa shape index (κ3) is 2.89. The van der Waals surface area contributed by atoms with E-state index in [-0.39, 0.29) is 11.8 Å². The van der Waals surface area contributed by atoms with E-state index in [0.717, 1.165) is 45.3 Å². The van der Waals surface area contributed by atoms with Gasteiger partial charge in [-0.25, -0.2) is 4.39 Å². The lowest BCUT2D eigenvalue weighted by Crippen LogP contribution is -2.40. The number of benzene rings is 1. The van der Waals surface area contributed by atoms with Gasteiger partial charge in [0, 0.05) is 25.6 Å². The van der Waals surface area contributed by atoms with Gasteiger partial charge in [0.1, 0.15) is 0 Å². The van der Waals surface area contributed by atoms with Crippen LogP contribution in [0.25, 0.3) is 0 Å². The Morgan fingerprint density at radius 3 is 2.57 bits per heavy atom. The molecular formula is C19H25FN2O. The number of alkyl halides is 1. The molecule has 1 aliphatic carbocycles. The monoisotopic (exact) mass is 316 g/mol. The summed E-state index contributed by atoms with van der Waals surface area (Å²) in [5, 5.41) is 3.15. The lowest BCUT2D eigenvalue weighted by Gasteiger charge is -2.23. The zero-order valence-electron chi connectivity index (χ0n) is 13.5. The Morgan fingerprint density at radius 1 is 1.17 bits per heavy atom. The average molecular weight is 316 g/mol. The van der Waals surface area contributed by atoms with Crippen LogP contribution in [0, 0.1) is 17.8 Å². The highest BCUT2D eigenvalue weighted by molar-refractivity contribution is 5.81. The first kappa shape index (κ1) is 15.1. The molecule has 3 unspecified atom stereocenters. The molecule has 23 heavy (non-hydrogen) atoms. The average Bonchev–Trinajstić information content (AvgIpc) is 3.32. The smallest absolute Gasteiger partial charge is 0.257 e. The third-order valence-corrected chi connectivity index (χ3v) is 6.03. The number of hydrogen-bond donors (Lipinski definition) is 1. The van der Waals surface area contributed by atoms with E-state index in [2.05, 4.69) is 29.6 Å². The van der Waals surface area contributed by atoms with Crippen molar-refractivity contribution in [3.63, 3.8) is 0 Å². The van der Waals surface area contributed by atoms with E-state index >= 15 is 0 Å². The molecule has 0 radical (unpaired) electrons. The zero-order chi connectivity index (χ0) is 15.8. The molecule has 1 aromatic rings. The molecule has 3 nitrogen and oxygen atoms in total. The van der Waals surface area contributed by atoms with E-state index in [1.54, 1.807) is 4.90 Å². The largest absolute Gasteiger partial charge is 0.340 e. The summed E-state index contributed by atoms with van der Waals surface area (Å²) in [7, 11) is 0. The normalized spacial score (nSPS) is 29.0. The van der Waals surface area contributed by atoms with Crippen molar-refractivity contribution in [3.8, 4) is 0 Å². The van der Waals surface area contributed by atoms with Crippen LogP contribution in [0.2, 0.25) is 0 Å². The van der Waals surface area contributed by atoms with Crippen LogP contribution in [0.4, 0.5) is 4.39 Å². The van der Waals surface area contributed by atoms with Crippen molar-refractivity contribution < 1.29 is 9.18 Å². The lowest BCUT2D eigenvalue weighted by atomic mass is 9.89. The van der Waals surface area contributed by atoms with Crippen LogP contribution >= 0.6 is 0 Å². The number of rotatable bonds is 3. The molecule has 4 rings (SSSR count). The van der Waals surface area contributed by atoms with Crippen LogP contribution < -0.4 is 5.32 Å². The van der Waals surface area contributed by atoms with Gasteiger partial charge in [-0.3, -0.25) is 4.79 Å². The number of carbonyl (C=O) groups is 1. The predicted octanol–water partition coefficient (Wildman–Crippen LogP) is 2.20. The molecule has 0 spiro atoms. The molecule has 0 aromatic heterocycles. The molecule has 1 aromatic carbocycles. The Kier molecular flexibility index (Phi) is 4.10. The number of fused-ring (bicyclic) bond motifs is 1. The van der Waals surface area contributed by atoms with Gasteiger partial charge in [-0.15, -0.1) is 0 Å². The minimum atomic E-state index is -1.32. The lowest BCUT2D eigenvalue weighted by molar-refractivity contribution is -0.137. The van der Waals surface area contributed by atoms with Gasteiger partial charge in [-0.05, 0) is 55.2 Å². The van der Waals surface area contributed by atoms with E-state index in [1.807, 2.05) is 0 Å². The van der Waals surface area contributed by atoms with Gasteiger partial charge in [-0.2, -0.15) is 0 Å². The SMILES string of the molecule is O=C(C(F)C1CCNC1)N1CCC(C2Cc3ccccc3C2)C1. The fraction of sp³-hybridized carbons (Fsp3) is 0.632. The minimum absolute atomic E-state index is 0.128. The Hall–Kier alpha value is -1.42. The Labute approximate surface area is 137 Å². The van der Waals surface area contributed by atoms with Gasteiger partial charge in [0.25, 0.3) is 5.91 Å². The summed E-state index contributed by atoms with van der Waals surface area (Å²) < 4.78 is 14.4. The number of halogens is 1. The summed E-state index contributed by atoms with van der Waals surface area (Å²) in [6.07, 6.45) is 2.73. The number of nitrogens with zero attached hydrogens (tertiary/aromatic N) is 1. The number of nitrogens with one attached hydrogen (secondary N) is 1. The van der Waals surface area contributed by atoms with Crippen molar-refractivity contribution in [2.24, 2.45) is 17.8 Å². The highest BCUT2D eigenvalue weighted by Gasteiger charge is 2.39.